The highest BCUT2D eigenvalue weighted by molar-refractivity contribution is 7.17. The zero-order valence-electron chi connectivity index (χ0n) is 11.7. The lowest BCUT2D eigenvalue weighted by molar-refractivity contribution is 0.0937. The highest BCUT2D eigenvalue weighted by Crippen LogP contribution is 2.22. The molecule has 0 spiro atoms. The van der Waals surface area contributed by atoms with Crippen molar-refractivity contribution in [3.05, 3.63) is 44.1 Å². The zero-order valence-corrected chi connectivity index (χ0v) is 13.3. The van der Waals surface area contributed by atoms with E-state index in [9.17, 15) is 9.59 Å². The number of halogens is 1. The van der Waals surface area contributed by atoms with E-state index in [-0.39, 0.29) is 17.5 Å². The molecule has 8 heteroatoms. The molecule has 6 nitrogen and oxygen atoms in total. The second-order valence-electron chi connectivity index (χ2n) is 5.10. The molecule has 22 heavy (non-hydrogen) atoms. The molecule has 0 saturated carbocycles. The van der Waals surface area contributed by atoms with Gasteiger partial charge in [0.05, 0.1) is 9.21 Å². The van der Waals surface area contributed by atoms with E-state index in [0.717, 1.165) is 19.4 Å². The van der Waals surface area contributed by atoms with E-state index in [4.69, 9.17) is 11.6 Å². The van der Waals surface area contributed by atoms with Crippen LogP contribution in [0.15, 0.2) is 29.3 Å². The number of amides is 1. The van der Waals surface area contributed by atoms with E-state index < -0.39 is 0 Å². The molecule has 3 rings (SSSR count). The fraction of sp³-hybridized carbons (Fsp3) is 0.357. The van der Waals surface area contributed by atoms with E-state index >= 15 is 0 Å². The summed E-state index contributed by atoms with van der Waals surface area (Å²) in [4.78, 5) is 33.2. The van der Waals surface area contributed by atoms with Crippen molar-refractivity contribution >= 4 is 34.7 Å². The van der Waals surface area contributed by atoms with Crippen molar-refractivity contribution in [1.29, 1.82) is 0 Å². The van der Waals surface area contributed by atoms with Crippen LogP contribution in [0.1, 0.15) is 22.5 Å². The molecule has 0 aromatic carbocycles. The predicted molar refractivity (Wildman–Crippen MR) is 86.9 cm³/mol. The smallest absolute Gasteiger partial charge is 0.290 e. The molecule has 1 aliphatic heterocycles. The summed E-state index contributed by atoms with van der Waals surface area (Å²) < 4.78 is 0.593. The highest BCUT2D eigenvalue weighted by atomic mass is 35.5. The number of carbonyl (C=O) groups excluding carboxylic acids is 1. The molecule has 1 saturated heterocycles. The van der Waals surface area contributed by atoms with Gasteiger partial charge in [-0.25, -0.2) is 4.98 Å². The number of H-pyrrole nitrogens is 1. The van der Waals surface area contributed by atoms with E-state index in [1.165, 1.54) is 17.5 Å². The van der Waals surface area contributed by atoms with E-state index in [1.807, 2.05) is 4.90 Å². The Labute approximate surface area is 136 Å². The lowest BCUT2D eigenvalue weighted by Crippen LogP contribution is -2.49. The molecule has 1 fully saturated rings. The van der Waals surface area contributed by atoms with Gasteiger partial charge in [-0.05, 0) is 25.0 Å². The van der Waals surface area contributed by atoms with Crippen molar-refractivity contribution < 1.29 is 4.79 Å². The number of piperidine rings is 1. The van der Waals surface area contributed by atoms with Gasteiger partial charge < -0.3 is 15.2 Å². The average molecular weight is 339 g/mol. The minimum absolute atomic E-state index is 0.0106. The molecule has 3 heterocycles. The Hall–Kier alpha value is -1.86. The highest BCUT2D eigenvalue weighted by Gasteiger charge is 2.24. The maximum absolute atomic E-state index is 12.2. The summed E-state index contributed by atoms with van der Waals surface area (Å²) >= 11 is 7.11. The van der Waals surface area contributed by atoms with Crippen LogP contribution in [0, 0.1) is 0 Å². The predicted octanol–water partition coefficient (Wildman–Crippen LogP) is 1.88. The molecular formula is C14H15ClN4O2S. The molecular weight excluding hydrogens is 324 g/mol. The van der Waals surface area contributed by atoms with E-state index in [2.05, 4.69) is 15.3 Å². The summed E-state index contributed by atoms with van der Waals surface area (Å²) in [6, 6.07) is 3.41. The van der Waals surface area contributed by atoms with Gasteiger partial charge in [-0.1, -0.05) is 11.6 Å². The van der Waals surface area contributed by atoms with Gasteiger partial charge in [0.2, 0.25) is 0 Å². The van der Waals surface area contributed by atoms with Gasteiger partial charge in [-0.3, -0.25) is 9.59 Å². The summed E-state index contributed by atoms with van der Waals surface area (Å²) in [5.74, 6) is 0.277. The van der Waals surface area contributed by atoms with Gasteiger partial charge in [0, 0.05) is 31.5 Å². The number of aromatic amines is 1. The maximum atomic E-state index is 12.2. The Morgan fingerprint density at radius 3 is 3.09 bits per heavy atom. The summed E-state index contributed by atoms with van der Waals surface area (Å²) in [5.41, 5.74) is -0.209. The Morgan fingerprint density at radius 1 is 1.50 bits per heavy atom. The minimum Gasteiger partial charge on any atom is -0.350 e. The van der Waals surface area contributed by atoms with Crippen molar-refractivity contribution in [1.82, 2.24) is 15.3 Å². The summed E-state index contributed by atoms with van der Waals surface area (Å²) in [7, 11) is 0. The third-order valence-corrected chi connectivity index (χ3v) is 4.77. The lowest BCUT2D eigenvalue weighted by Gasteiger charge is -2.33. The lowest BCUT2D eigenvalue weighted by atomic mass is 10.1. The molecule has 2 aromatic rings. The van der Waals surface area contributed by atoms with Gasteiger partial charge in [-0.2, -0.15) is 0 Å². The second-order valence-corrected chi connectivity index (χ2v) is 6.82. The van der Waals surface area contributed by atoms with Gasteiger partial charge in [0.15, 0.2) is 5.82 Å². The normalized spacial score (nSPS) is 18.2. The van der Waals surface area contributed by atoms with Crippen LogP contribution in [0.4, 0.5) is 5.82 Å². The van der Waals surface area contributed by atoms with Crippen LogP contribution < -0.4 is 15.8 Å². The molecule has 0 radical (unpaired) electrons. The summed E-state index contributed by atoms with van der Waals surface area (Å²) in [5, 5.41) is 3.00. The molecule has 0 bridgehead atoms. The van der Waals surface area contributed by atoms with Crippen LogP contribution in [0.25, 0.3) is 0 Å². The number of hydrogen-bond donors (Lipinski definition) is 2. The largest absolute Gasteiger partial charge is 0.350 e. The first-order valence-electron chi connectivity index (χ1n) is 6.98. The van der Waals surface area contributed by atoms with Crippen LogP contribution in [0.3, 0.4) is 0 Å². The molecule has 0 unspecified atom stereocenters. The summed E-state index contributed by atoms with van der Waals surface area (Å²) in [6.45, 7) is 1.34. The van der Waals surface area contributed by atoms with Gasteiger partial charge in [0.1, 0.15) is 0 Å². The SMILES string of the molecule is O=C(N[C@@H]1CCCN(c2ncc[nH]c2=O)C1)c1ccc(Cl)s1. The monoisotopic (exact) mass is 338 g/mol. The number of rotatable bonds is 3. The first kappa shape index (κ1) is 15.1. The molecule has 0 aliphatic carbocycles. The number of hydrogen-bond acceptors (Lipinski definition) is 5. The van der Waals surface area contributed by atoms with Gasteiger partial charge in [0.25, 0.3) is 11.5 Å². The second kappa shape index (κ2) is 6.50. The average Bonchev–Trinajstić information content (AvgIpc) is 2.95. The number of thiophene rings is 1. The first-order chi connectivity index (χ1) is 10.6. The first-order valence-corrected chi connectivity index (χ1v) is 8.18. The molecule has 2 aromatic heterocycles. The standard InChI is InChI=1S/C14H15ClN4O2S/c15-11-4-3-10(22-11)13(20)18-9-2-1-7-19(8-9)12-14(21)17-6-5-16-12/h3-6,9H,1-2,7-8H2,(H,17,21)(H,18,20)/t9-/m1/s1. The molecule has 1 amide bonds. The Bertz CT molecular complexity index is 729. The Kier molecular flexibility index (Phi) is 4.44. The molecule has 1 aliphatic rings. The fourth-order valence-corrected chi connectivity index (χ4v) is 3.50. The summed E-state index contributed by atoms with van der Waals surface area (Å²) in [6.07, 6.45) is 4.85. The number of nitrogens with zero attached hydrogens (tertiary/aromatic N) is 2. The van der Waals surface area contributed by atoms with Crippen LogP contribution in [0.5, 0.6) is 0 Å². The van der Waals surface area contributed by atoms with Crippen molar-refractivity contribution in [3.8, 4) is 0 Å². The van der Waals surface area contributed by atoms with Crippen molar-refractivity contribution in [2.24, 2.45) is 0 Å². The number of carbonyl (C=O) groups is 1. The van der Waals surface area contributed by atoms with Crippen molar-refractivity contribution in [2.45, 2.75) is 18.9 Å². The number of anilines is 1. The zero-order chi connectivity index (χ0) is 15.5. The third-order valence-electron chi connectivity index (χ3n) is 3.54. The van der Waals surface area contributed by atoms with Gasteiger partial charge >= 0.3 is 0 Å². The number of nitrogens with one attached hydrogen (secondary N) is 2. The van der Waals surface area contributed by atoms with Crippen LogP contribution in [-0.4, -0.2) is 35.0 Å². The van der Waals surface area contributed by atoms with Crippen LogP contribution in [-0.2, 0) is 0 Å². The van der Waals surface area contributed by atoms with Crippen molar-refractivity contribution in [2.75, 3.05) is 18.0 Å². The number of aromatic nitrogens is 2. The molecule has 116 valence electrons. The molecule has 2 N–H and O–H groups in total. The Morgan fingerprint density at radius 2 is 2.36 bits per heavy atom. The maximum Gasteiger partial charge on any atom is 0.290 e. The quantitative estimate of drug-likeness (QED) is 0.895. The van der Waals surface area contributed by atoms with E-state index in [0.29, 0.717) is 21.6 Å². The topological polar surface area (TPSA) is 78.1 Å². The fourth-order valence-electron chi connectivity index (χ4n) is 2.55. The van der Waals surface area contributed by atoms with E-state index in [1.54, 1.807) is 18.3 Å². The van der Waals surface area contributed by atoms with Gasteiger partial charge in [-0.15, -0.1) is 11.3 Å². The third kappa shape index (κ3) is 3.31. The minimum atomic E-state index is -0.209. The van der Waals surface area contributed by atoms with Crippen LogP contribution >= 0.6 is 22.9 Å². The molecule has 1 atom stereocenters. The Balaban J connectivity index is 1.67. The van der Waals surface area contributed by atoms with Crippen LogP contribution in [0.2, 0.25) is 4.34 Å². The van der Waals surface area contributed by atoms with Crippen molar-refractivity contribution in [3.63, 3.8) is 0 Å².